The quantitative estimate of drug-likeness (QED) is 0.899. The molecule has 0 spiro atoms. The molecule has 5 heteroatoms. The minimum absolute atomic E-state index is 0.245. The van der Waals surface area contributed by atoms with Gasteiger partial charge in [0.05, 0.1) is 31.4 Å². The number of ether oxygens (including phenoxy) is 1. The Bertz CT molecular complexity index is 539. The van der Waals surface area contributed by atoms with E-state index < -0.39 is 0 Å². The third-order valence-electron chi connectivity index (χ3n) is 2.96. The lowest BCUT2D eigenvalue weighted by Crippen LogP contribution is -2.21. The Labute approximate surface area is 105 Å². The van der Waals surface area contributed by atoms with Crippen LogP contribution in [0.4, 0.5) is 4.39 Å². The molecule has 96 valence electrons. The molecule has 2 aromatic rings. The van der Waals surface area contributed by atoms with E-state index in [1.165, 1.54) is 7.11 Å². The topological polar surface area (TPSA) is 39.1 Å². The molecule has 0 aliphatic carbocycles. The normalized spacial score (nSPS) is 12.4. The van der Waals surface area contributed by atoms with Gasteiger partial charge in [0, 0.05) is 12.6 Å². The summed E-state index contributed by atoms with van der Waals surface area (Å²) < 4.78 is 21.1. The molecule has 0 aliphatic heterocycles. The molecule has 4 nitrogen and oxygen atoms in total. The van der Waals surface area contributed by atoms with Crippen LogP contribution in [0.15, 0.2) is 30.7 Å². The molecule has 0 aliphatic rings. The molecule has 1 unspecified atom stereocenters. The maximum Gasteiger partial charge on any atom is 0.170 e. The molecule has 0 bridgehead atoms. The monoisotopic (exact) mass is 249 g/mol. The van der Waals surface area contributed by atoms with Crippen LogP contribution in [0.5, 0.6) is 5.75 Å². The smallest absolute Gasteiger partial charge is 0.170 e. The molecule has 0 saturated heterocycles. The first-order valence-corrected chi connectivity index (χ1v) is 5.65. The number of rotatable bonds is 4. The zero-order valence-corrected chi connectivity index (χ0v) is 10.6. The molecule has 0 radical (unpaired) electrons. The van der Waals surface area contributed by atoms with Gasteiger partial charge in [0.25, 0.3) is 0 Å². The van der Waals surface area contributed by atoms with Gasteiger partial charge in [-0.1, -0.05) is 12.1 Å². The Morgan fingerprint density at radius 2 is 2.22 bits per heavy atom. The summed E-state index contributed by atoms with van der Waals surface area (Å²) >= 11 is 0. The van der Waals surface area contributed by atoms with Gasteiger partial charge < -0.3 is 14.6 Å². The summed E-state index contributed by atoms with van der Waals surface area (Å²) in [6.45, 7) is 0. The first-order chi connectivity index (χ1) is 8.69. The van der Waals surface area contributed by atoms with Gasteiger partial charge in [-0.05, 0) is 13.1 Å². The Hall–Kier alpha value is -1.88. The highest BCUT2D eigenvalue weighted by Gasteiger charge is 2.20. The van der Waals surface area contributed by atoms with Crippen molar-refractivity contribution in [3.05, 3.63) is 47.8 Å². The summed E-state index contributed by atoms with van der Waals surface area (Å²) in [5.74, 6) is -0.101. The van der Waals surface area contributed by atoms with Gasteiger partial charge in [-0.2, -0.15) is 0 Å². The highest BCUT2D eigenvalue weighted by Crippen LogP contribution is 2.28. The van der Waals surface area contributed by atoms with Crippen LogP contribution in [0.3, 0.4) is 0 Å². The number of imidazole rings is 1. The molecule has 2 rings (SSSR count). The Kier molecular flexibility index (Phi) is 3.62. The van der Waals surface area contributed by atoms with Gasteiger partial charge in [-0.3, -0.25) is 0 Å². The van der Waals surface area contributed by atoms with E-state index in [0.717, 1.165) is 5.69 Å². The van der Waals surface area contributed by atoms with Crippen molar-refractivity contribution >= 4 is 0 Å². The molecule has 0 amide bonds. The summed E-state index contributed by atoms with van der Waals surface area (Å²) in [5, 5.41) is 3.10. The number of methoxy groups -OCH3 is 1. The molecule has 0 saturated carbocycles. The van der Waals surface area contributed by atoms with Crippen LogP contribution in [0.25, 0.3) is 0 Å². The highest BCUT2D eigenvalue weighted by molar-refractivity contribution is 5.36. The maximum absolute atomic E-state index is 14.2. The fraction of sp³-hybridized carbons (Fsp3) is 0.308. The lowest BCUT2D eigenvalue weighted by atomic mass is 10.0. The van der Waals surface area contributed by atoms with Crippen molar-refractivity contribution in [3.8, 4) is 5.75 Å². The van der Waals surface area contributed by atoms with E-state index in [1.54, 1.807) is 37.8 Å². The predicted molar refractivity (Wildman–Crippen MR) is 67.1 cm³/mol. The standard InChI is InChI=1S/C13H16FN3O/c1-15-13(10-7-16-8-17(10)2)9-5-4-6-11(18-3)12(9)14/h4-8,13,15H,1-3H3. The fourth-order valence-electron chi connectivity index (χ4n) is 2.02. The van der Waals surface area contributed by atoms with E-state index in [0.29, 0.717) is 5.56 Å². The number of hydrogen-bond donors (Lipinski definition) is 1. The van der Waals surface area contributed by atoms with Crippen molar-refractivity contribution in [1.82, 2.24) is 14.9 Å². The largest absolute Gasteiger partial charge is 0.494 e. The third kappa shape index (κ3) is 2.09. The summed E-state index contributed by atoms with van der Waals surface area (Å²) in [6.07, 6.45) is 3.41. The SMILES string of the molecule is CNC(c1cccc(OC)c1F)c1cncn1C. The number of benzene rings is 1. The summed E-state index contributed by atoms with van der Waals surface area (Å²) in [5.41, 5.74) is 1.44. The molecular formula is C13H16FN3O. The van der Waals surface area contributed by atoms with Crippen LogP contribution in [-0.4, -0.2) is 23.7 Å². The van der Waals surface area contributed by atoms with E-state index in [-0.39, 0.29) is 17.6 Å². The zero-order valence-electron chi connectivity index (χ0n) is 10.6. The number of aromatic nitrogens is 2. The van der Waals surface area contributed by atoms with Crippen LogP contribution < -0.4 is 10.1 Å². The number of hydrogen-bond acceptors (Lipinski definition) is 3. The average Bonchev–Trinajstić information content (AvgIpc) is 2.79. The summed E-state index contributed by atoms with van der Waals surface area (Å²) in [7, 11) is 5.13. The van der Waals surface area contributed by atoms with Crippen LogP contribution in [0, 0.1) is 5.82 Å². The summed E-state index contributed by atoms with van der Waals surface area (Å²) in [6, 6.07) is 4.87. The van der Waals surface area contributed by atoms with Gasteiger partial charge in [0.1, 0.15) is 0 Å². The third-order valence-corrected chi connectivity index (χ3v) is 2.96. The van der Waals surface area contributed by atoms with Gasteiger partial charge in [-0.25, -0.2) is 9.37 Å². The van der Waals surface area contributed by atoms with Crippen LogP contribution in [-0.2, 0) is 7.05 Å². The lowest BCUT2D eigenvalue weighted by Gasteiger charge is -2.18. The highest BCUT2D eigenvalue weighted by atomic mass is 19.1. The minimum Gasteiger partial charge on any atom is -0.494 e. The van der Waals surface area contributed by atoms with E-state index in [9.17, 15) is 4.39 Å². The van der Waals surface area contributed by atoms with Gasteiger partial charge >= 0.3 is 0 Å². The number of halogens is 1. The van der Waals surface area contributed by atoms with Crippen LogP contribution in [0.2, 0.25) is 0 Å². The zero-order chi connectivity index (χ0) is 13.1. The molecule has 1 aromatic heterocycles. The molecule has 1 heterocycles. The molecule has 0 fully saturated rings. The van der Waals surface area contributed by atoms with Crippen LogP contribution in [0.1, 0.15) is 17.3 Å². The minimum atomic E-state index is -0.347. The van der Waals surface area contributed by atoms with Crippen molar-refractivity contribution < 1.29 is 9.13 Å². The lowest BCUT2D eigenvalue weighted by molar-refractivity contribution is 0.382. The molecule has 1 atom stereocenters. The Morgan fingerprint density at radius 3 is 2.78 bits per heavy atom. The second-order valence-electron chi connectivity index (χ2n) is 4.01. The number of nitrogens with one attached hydrogen (secondary N) is 1. The van der Waals surface area contributed by atoms with Gasteiger partial charge in [0.15, 0.2) is 11.6 Å². The van der Waals surface area contributed by atoms with E-state index in [2.05, 4.69) is 10.3 Å². The van der Waals surface area contributed by atoms with Crippen molar-refractivity contribution in [1.29, 1.82) is 0 Å². The second kappa shape index (κ2) is 5.18. The van der Waals surface area contributed by atoms with E-state index in [4.69, 9.17) is 4.74 Å². The maximum atomic E-state index is 14.2. The first kappa shape index (κ1) is 12.6. The average molecular weight is 249 g/mol. The van der Waals surface area contributed by atoms with Crippen molar-refractivity contribution in [2.24, 2.45) is 7.05 Å². The number of nitrogens with zero attached hydrogens (tertiary/aromatic N) is 2. The Balaban J connectivity index is 2.49. The first-order valence-electron chi connectivity index (χ1n) is 5.65. The molecule has 1 aromatic carbocycles. The summed E-state index contributed by atoms with van der Waals surface area (Å²) in [4.78, 5) is 4.06. The van der Waals surface area contributed by atoms with Gasteiger partial charge in [0.2, 0.25) is 0 Å². The molecule has 18 heavy (non-hydrogen) atoms. The van der Waals surface area contributed by atoms with E-state index >= 15 is 0 Å². The predicted octanol–water partition coefficient (Wildman–Crippen LogP) is 1.88. The van der Waals surface area contributed by atoms with Crippen molar-refractivity contribution in [2.45, 2.75) is 6.04 Å². The second-order valence-corrected chi connectivity index (χ2v) is 4.01. The van der Waals surface area contributed by atoms with Gasteiger partial charge in [-0.15, -0.1) is 0 Å². The Morgan fingerprint density at radius 1 is 1.44 bits per heavy atom. The van der Waals surface area contributed by atoms with E-state index in [1.807, 2.05) is 11.6 Å². The van der Waals surface area contributed by atoms with Crippen molar-refractivity contribution in [3.63, 3.8) is 0 Å². The molecule has 1 N–H and O–H groups in total. The fourth-order valence-corrected chi connectivity index (χ4v) is 2.02. The number of aryl methyl sites for hydroxylation is 1. The van der Waals surface area contributed by atoms with Crippen molar-refractivity contribution in [2.75, 3.05) is 14.2 Å². The molecular weight excluding hydrogens is 233 g/mol. The van der Waals surface area contributed by atoms with Crippen LogP contribution >= 0.6 is 0 Å².